The van der Waals surface area contributed by atoms with Crippen LogP contribution in [0.1, 0.15) is 229 Å². The molecule has 5 rings (SSSR count). The fraction of sp³-hybridized carbons (Fsp3) is 0.871. The van der Waals surface area contributed by atoms with Gasteiger partial charge >= 0.3 is 15.4 Å². The Labute approximate surface area is 771 Å². The molecule has 6 amide bonds. The van der Waals surface area contributed by atoms with Gasteiger partial charge in [-0.1, -0.05) is 27.7 Å². The highest BCUT2D eigenvalue weighted by Crippen LogP contribution is 2.52. The van der Waals surface area contributed by atoms with Gasteiger partial charge in [0.1, 0.15) is 120 Å². The first-order chi connectivity index (χ1) is 61.5. The van der Waals surface area contributed by atoms with Crippen molar-refractivity contribution in [1.82, 2.24) is 31.5 Å². The van der Waals surface area contributed by atoms with Gasteiger partial charge in [-0.2, -0.15) is 0 Å². The number of ether oxygens (including phenoxy) is 10. The Balaban J connectivity index is 0.0000224. The number of hydrogen-bond donors (Lipinski definition) is 17. The molecule has 5 fully saturated rings. The number of hydrogen-bond acceptors (Lipinski definition) is 36. The summed E-state index contributed by atoms with van der Waals surface area (Å²) < 4.78 is 115. The van der Waals surface area contributed by atoms with Crippen molar-refractivity contribution in [1.29, 1.82) is 0 Å². The number of carbonyl (C=O) groups is 11. The van der Waals surface area contributed by atoms with Crippen molar-refractivity contribution in [3.05, 3.63) is 0 Å². The van der Waals surface area contributed by atoms with Crippen LogP contribution >= 0.6 is 15.4 Å². The van der Waals surface area contributed by atoms with E-state index < -0.39 is 250 Å². The number of aliphatic hydroxyl groups excluding tert-OH is 10. The van der Waals surface area contributed by atoms with Gasteiger partial charge in [-0.05, 0) is 97.3 Å². The van der Waals surface area contributed by atoms with Gasteiger partial charge in [0.15, 0.2) is 24.5 Å². The lowest BCUT2D eigenvalue weighted by atomic mass is 9.96. The third-order valence-electron chi connectivity index (χ3n) is 22.7. The fourth-order valence-electron chi connectivity index (χ4n) is 15.3. The summed E-state index contributed by atoms with van der Waals surface area (Å²) in [6, 6.07) is -4.45. The number of carbonyl (C=O) groups excluding carboxylic acids is 11. The third-order valence-corrected chi connectivity index (χ3v) is 24.3. The number of phosphoric ester groups is 1. The Morgan fingerprint density at radius 2 is 0.818 bits per heavy atom. The van der Waals surface area contributed by atoms with E-state index in [1.807, 2.05) is 0 Å². The molecule has 9 unspecified atom stereocenters. The second-order valence-electron chi connectivity index (χ2n) is 34.1. The molecular formula is C85H151FN6O38P2. The predicted octanol–water partition coefficient (Wildman–Crippen LogP) is 0.350. The first-order valence-electron chi connectivity index (χ1n) is 44.9. The van der Waals surface area contributed by atoms with E-state index in [4.69, 9.17) is 60.9 Å². The summed E-state index contributed by atoms with van der Waals surface area (Å²) in [7, 11) is -9.39. The van der Waals surface area contributed by atoms with Crippen molar-refractivity contribution in [2.75, 3.05) is 112 Å². The predicted molar refractivity (Wildman–Crippen MR) is 466 cm³/mol. The molecule has 47 heteroatoms. The average Bonchev–Trinajstić information content (AvgIpc) is 1.60. The van der Waals surface area contributed by atoms with E-state index >= 15 is 4.39 Å². The molecule has 5 saturated heterocycles. The number of rotatable bonds is 68. The third kappa shape index (κ3) is 44.1. The van der Waals surface area contributed by atoms with Gasteiger partial charge < -0.3 is 144 Å². The quantitative estimate of drug-likeness (QED) is 0.0288. The molecule has 0 aromatic heterocycles. The number of β-amino-alcohol motifs (C(OH)–C–C–N with tert-alkyl or cyclic N) is 1. The molecule has 132 heavy (non-hydrogen) atoms. The van der Waals surface area contributed by atoms with Gasteiger partial charge in [-0.15, -0.1) is 0 Å². The molecule has 17 N–H and O–H groups in total. The van der Waals surface area contributed by atoms with Crippen LogP contribution in [0.15, 0.2) is 0 Å². The highest BCUT2D eigenvalue weighted by atomic mass is 31.2. The van der Waals surface area contributed by atoms with Crippen LogP contribution in [0.4, 0.5) is 4.39 Å². The van der Waals surface area contributed by atoms with E-state index in [1.165, 1.54) is 27.7 Å². The van der Waals surface area contributed by atoms with Crippen molar-refractivity contribution in [3.8, 4) is 0 Å². The van der Waals surface area contributed by atoms with Crippen LogP contribution in [-0.4, -0.2) is 376 Å². The number of ketones is 5. The summed E-state index contributed by atoms with van der Waals surface area (Å²) in [5, 5.41) is 115. The SMILES string of the molecule is C.C.CC(=O)NC1[C@H](OCCCCC(=O)CCCCCC(=O)CCOCC(COCCC(=O)CCCCCC(=O)CCCCO[C@@H]2OC(CO)[C@H](O)[C@H](O)C2NC(C)=O)(COCCC(=O)NCCCCC(=O)CCCCO[C@@H]2OC(CO)[C@H](O)[C@H](O)C2NC(C)=O)NC(=O)CCC(=O)N2C[C@H](O)C[C@H]2COP(=O)(O)O[C@@H]2[C@@H](COP(C)(=O)O)O[C@@H](C)C2(C)F)OC(CO)[C@H](O)[C@@H]1O. The second kappa shape index (κ2) is 62.5. The lowest BCUT2D eigenvalue weighted by Crippen LogP contribution is -2.64. The molecule has 5 aliphatic rings. The minimum Gasteiger partial charge on any atom is -0.394 e. The molecule has 766 valence electrons. The molecule has 0 aromatic rings. The van der Waals surface area contributed by atoms with E-state index in [0.29, 0.717) is 89.9 Å². The molecule has 23 atom stereocenters. The summed E-state index contributed by atoms with van der Waals surface area (Å²) in [6.45, 7) is 1.70. The summed E-state index contributed by atoms with van der Waals surface area (Å²) in [5.41, 5.74) is -4.13. The van der Waals surface area contributed by atoms with Crippen molar-refractivity contribution in [2.45, 2.75) is 363 Å². The smallest absolute Gasteiger partial charge is 0.394 e. The van der Waals surface area contributed by atoms with Crippen LogP contribution < -0.4 is 26.6 Å². The van der Waals surface area contributed by atoms with E-state index in [1.54, 1.807) is 0 Å². The zero-order valence-corrected chi connectivity index (χ0v) is 77.1. The second-order valence-corrected chi connectivity index (χ2v) is 37.4. The number of amides is 6. The monoisotopic (exact) mass is 1940 g/mol. The Kier molecular flexibility index (Phi) is 57.2. The number of Topliss-reactive ketones (excluding diaryl/α,β-unsaturated/α-hetero) is 5. The topological polar surface area (TPSA) is 648 Å². The van der Waals surface area contributed by atoms with Gasteiger partial charge in [0.2, 0.25) is 35.4 Å². The number of nitrogens with one attached hydrogen (secondary N) is 5. The summed E-state index contributed by atoms with van der Waals surface area (Å²) in [5.74, 6) is -4.02. The largest absolute Gasteiger partial charge is 0.472 e. The molecule has 44 nitrogen and oxygen atoms in total. The van der Waals surface area contributed by atoms with Crippen LogP contribution in [0.5, 0.6) is 0 Å². The van der Waals surface area contributed by atoms with E-state index in [0.717, 1.165) is 18.5 Å². The Bertz CT molecular complexity index is 3330. The Hall–Kier alpha value is -5.44. The minimum atomic E-state index is -5.25. The van der Waals surface area contributed by atoms with Crippen LogP contribution in [0, 0.1) is 0 Å². The molecule has 5 aliphatic heterocycles. The lowest BCUT2D eigenvalue weighted by Gasteiger charge is -2.42. The van der Waals surface area contributed by atoms with Crippen molar-refractivity contribution < 1.29 is 188 Å². The van der Waals surface area contributed by atoms with E-state index in [9.17, 15) is 123 Å². The molecule has 0 radical (unpaired) electrons. The van der Waals surface area contributed by atoms with Crippen molar-refractivity contribution in [3.63, 3.8) is 0 Å². The first kappa shape index (κ1) is 121. The maximum Gasteiger partial charge on any atom is 0.472 e. The molecule has 0 aromatic carbocycles. The standard InChI is InChI=1S/C83H143FN6O38P2.2CH4/c1-51-82(5,84)78(65(124-51)47-122-129(6,112)113)128-130(114,115)123-46-55-41-61(102)42-90(55)68(105)30-29-67(104)89-83(48-116-38-31-59(100)23-11-7-9-21-56(97)26-14-18-35-119-79-69(86-52(2)94)75(109)72(106)62(43-91)125-79,49-117-39-32-60(101)24-12-8-10-22-57(98)27-15-19-36-120-80-70(87-53(3)95)76(110)73(107)63(44-92)126-80)50-118-40-33-66(103)85-34-17-13-25-58(99)28-16-20-37-121-81-71(88-54(4)96)77(111)74(108)64(45-93)127-81;;/h51,55,61-65,69-81,91-93,102,106-111H,7-50H2,1-6H3,(H,85,103)(H,86,94)(H,87,95)(H,88,96)(H,89,104)(H,112,113)(H,114,115);2*1H4/t51-,55-,61+,62?,63?,64?,65+,69?,70?,71?,72-,73-,74-,75+,76+,77+,78+,79+,80+,81+,82?,83?;;/m0../s1. The summed E-state index contributed by atoms with van der Waals surface area (Å²) in [4.78, 5) is 164. The maximum absolute atomic E-state index is 16.0. The van der Waals surface area contributed by atoms with Crippen LogP contribution in [0.3, 0.4) is 0 Å². The molecular weight excluding hydrogens is 1790 g/mol. The van der Waals surface area contributed by atoms with Gasteiger partial charge in [0.05, 0.1) is 90.9 Å². The maximum atomic E-state index is 16.0. The number of likely N-dealkylation sites (tertiary alicyclic amines) is 1. The van der Waals surface area contributed by atoms with Crippen molar-refractivity contribution in [2.24, 2.45) is 0 Å². The molecule has 0 bridgehead atoms. The van der Waals surface area contributed by atoms with Crippen LogP contribution in [-0.2, 0) is 123 Å². The van der Waals surface area contributed by atoms with Crippen LogP contribution in [0.25, 0.3) is 0 Å². The van der Waals surface area contributed by atoms with E-state index in [2.05, 4.69) is 26.6 Å². The van der Waals surface area contributed by atoms with Gasteiger partial charge in [0.25, 0.3) is 0 Å². The summed E-state index contributed by atoms with van der Waals surface area (Å²) >= 11 is 0. The number of phosphoric acid groups is 1. The Morgan fingerprint density at radius 1 is 0.455 bits per heavy atom. The zero-order chi connectivity index (χ0) is 96.3. The normalized spacial score (nSPS) is 28.4. The number of halogens is 1. The van der Waals surface area contributed by atoms with Gasteiger partial charge in [0, 0.05) is 144 Å². The molecule has 0 spiro atoms. The minimum absolute atomic E-state index is 0. The van der Waals surface area contributed by atoms with Gasteiger partial charge in [-0.3, -0.25) is 66.4 Å². The van der Waals surface area contributed by atoms with Crippen molar-refractivity contribution >= 4 is 79.8 Å². The van der Waals surface area contributed by atoms with Crippen LogP contribution in [0.2, 0.25) is 0 Å². The highest BCUT2D eigenvalue weighted by molar-refractivity contribution is 7.51. The number of aliphatic hydroxyl groups is 10. The van der Waals surface area contributed by atoms with Gasteiger partial charge in [-0.25, -0.2) is 8.96 Å². The average molecular weight is 1950 g/mol. The number of nitrogens with zero attached hydrogens (tertiary/aromatic N) is 1. The summed E-state index contributed by atoms with van der Waals surface area (Å²) in [6.07, 6.45) is -15.6. The molecule has 0 saturated carbocycles. The number of alkyl halides is 1. The highest BCUT2D eigenvalue weighted by Gasteiger charge is 2.57. The molecule has 0 aliphatic carbocycles. The number of unbranched alkanes of at least 4 members (excludes halogenated alkanes) is 8. The van der Waals surface area contributed by atoms with E-state index in [-0.39, 0.29) is 174 Å². The zero-order valence-electron chi connectivity index (χ0n) is 75.4. The first-order valence-corrected chi connectivity index (χ1v) is 48.4. The molecule has 5 heterocycles. The lowest BCUT2D eigenvalue weighted by molar-refractivity contribution is -0.270. The fourth-order valence-corrected chi connectivity index (χ4v) is 16.8. The Morgan fingerprint density at radius 3 is 1.19 bits per heavy atom.